The summed E-state index contributed by atoms with van der Waals surface area (Å²) < 4.78 is 40.4. The van der Waals surface area contributed by atoms with Gasteiger partial charge in [0.2, 0.25) is 15.9 Å². The molecule has 0 bridgehead atoms. The first kappa shape index (κ1) is 21.7. The number of carbonyl (C=O) groups excluding carboxylic acids is 1. The van der Waals surface area contributed by atoms with Gasteiger partial charge in [-0.05, 0) is 55.3 Å². The van der Waals surface area contributed by atoms with Gasteiger partial charge in [-0.25, -0.2) is 12.8 Å². The van der Waals surface area contributed by atoms with Crippen LogP contribution in [0.3, 0.4) is 0 Å². The number of anilines is 1. The van der Waals surface area contributed by atoms with Crippen LogP contribution in [-0.4, -0.2) is 56.3 Å². The minimum absolute atomic E-state index is 0.0621. The second kappa shape index (κ2) is 8.79. The Bertz CT molecular complexity index is 1020. The Morgan fingerprint density at radius 1 is 1.07 bits per heavy atom. The van der Waals surface area contributed by atoms with E-state index in [0.29, 0.717) is 36.8 Å². The summed E-state index contributed by atoms with van der Waals surface area (Å²) in [7, 11) is -3.55. The van der Waals surface area contributed by atoms with Gasteiger partial charge in [-0.15, -0.1) is 0 Å². The van der Waals surface area contributed by atoms with Gasteiger partial charge >= 0.3 is 0 Å². The maximum Gasteiger partial charge on any atom is 0.243 e. The van der Waals surface area contributed by atoms with Gasteiger partial charge in [-0.3, -0.25) is 9.69 Å². The van der Waals surface area contributed by atoms with E-state index in [1.807, 2.05) is 24.8 Å². The van der Waals surface area contributed by atoms with Crippen molar-refractivity contribution < 1.29 is 17.6 Å². The minimum atomic E-state index is -3.55. The third-order valence-electron chi connectivity index (χ3n) is 5.02. The van der Waals surface area contributed by atoms with E-state index in [9.17, 15) is 17.6 Å². The molecule has 0 saturated carbocycles. The second-order valence-electron chi connectivity index (χ2n) is 7.10. The molecule has 1 heterocycles. The summed E-state index contributed by atoms with van der Waals surface area (Å²) in [6, 6.07) is 9.11. The van der Waals surface area contributed by atoms with E-state index < -0.39 is 15.8 Å². The Morgan fingerprint density at radius 3 is 2.38 bits per heavy atom. The van der Waals surface area contributed by atoms with Gasteiger partial charge in [-0.1, -0.05) is 17.7 Å². The number of piperazine rings is 1. The molecule has 0 radical (unpaired) electrons. The smallest absolute Gasteiger partial charge is 0.243 e. The maximum absolute atomic E-state index is 13.2. The van der Waals surface area contributed by atoms with Gasteiger partial charge in [0, 0.05) is 31.9 Å². The van der Waals surface area contributed by atoms with E-state index in [1.165, 1.54) is 22.5 Å². The van der Waals surface area contributed by atoms with Crippen molar-refractivity contribution in [2.45, 2.75) is 18.7 Å². The molecule has 2 aromatic rings. The number of hydrogen-bond donors (Lipinski definition) is 1. The number of sulfonamides is 1. The number of amides is 1. The van der Waals surface area contributed by atoms with Gasteiger partial charge in [0.25, 0.3) is 0 Å². The van der Waals surface area contributed by atoms with Gasteiger partial charge in [0.05, 0.1) is 16.5 Å². The van der Waals surface area contributed by atoms with Crippen LogP contribution in [0, 0.1) is 19.7 Å². The van der Waals surface area contributed by atoms with Gasteiger partial charge in [-0.2, -0.15) is 4.31 Å². The molecule has 1 aliphatic rings. The Balaban J connectivity index is 1.56. The summed E-state index contributed by atoms with van der Waals surface area (Å²) in [6.45, 7) is 5.46. The molecule has 29 heavy (non-hydrogen) atoms. The van der Waals surface area contributed by atoms with Crippen LogP contribution in [0.5, 0.6) is 0 Å². The number of carbonyl (C=O) groups is 1. The normalized spacial score (nSPS) is 16.0. The van der Waals surface area contributed by atoms with Crippen molar-refractivity contribution >= 4 is 33.2 Å². The highest BCUT2D eigenvalue weighted by Crippen LogP contribution is 2.21. The lowest BCUT2D eigenvalue weighted by atomic mass is 10.1. The lowest BCUT2D eigenvalue weighted by Gasteiger charge is -2.33. The van der Waals surface area contributed by atoms with Crippen LogP contribution < -0.4 is 5.32 Å². The first-order chi connectivity index (χ1) is 13.7. The van der Waals surface area contributed by atoms with E-state index in [-0.39, 0.29) is 17.5 Å². The number of benzene rings is 2. The molecule has 0 aliphatic carbocycles. The summed E-state index contributed by atoms with van der Waals surface area (Å²) in [5.41, 5.74) is 2.39. The third kappa shape index (κ3) is 5.14. The molecule has 0 atom stereocenters. The van der Waals surface area contributed by atoms with Crippen molar-refractivity contribution in [2.24, 2.45) is 0 Å². The van der Waals surface area contributed by atoms with Crippen LogP contribution >= 0.6 is 11.6 Å². The molecule has 9 heteroatoms. The molecule has 1 N–H and O–H groups in total. The van der Waals surface area contributed by atoms with Crippen molar-refractivity contribution in [3.05, 3.63) is 58.4 Å². The van der Waals surface area contributed by atoms with E-state index in [0.717, 1.165) is 11.1 Å². The SMILES string of the molecule is Cc1ccc(S(=O)(=O)N2CCN(CC(=O)Nc3ccc(F)c(Cl)c3)CC2)cc1C. The first-order valence-electron chi connectivity index (χ1n) is 9.21. The third-order valence-corrected chi connectivity index (χ3v) is 7.20. The van der Waals surface area contributed by atoms with Crippen molar-refractivity contribution in [3.8, 4) is 0 Å². The van der Waals surface area contributed by atoms with Crippen LogP contribution in [0.25, 0.3) is 0 Å². The number of aryl methyl sites for hydroxylation is 2. The molecule has 6 nitrogen and oxygen atoms in total. The highest BCUT2D eigenvalue weighted by atomic mass is 35.5. The molecule has 2 aromatic carbocycles. The van der Waals surface area contributed by atoms with Crippen LogP contribution in [0.4, 0.5) is 10.1 Å². The molecule has 1 aliphatic heterocycles. The highest BCUT2D eigenvalue weighted by Gasteiger charge is 2.29. The molecular formula is C20H23ClFN3O3S. The molecule has 1 saturated heterocycles. The molecule has 3 rings (SSSR count). The zero-order chi connectivity index (χ0) is 21.2. The fourth-order valence-corrected chi connectivity index (χ4v) is 4.82. The van der Waals surface area contributed by atoms with Crippen LogP contribution in [0.2, 0.25) is 5.02 Å². The molecule has 0 aromatic heterocycles. The predicted octanol–water partition coefficient (Wildman–Crippen LogP) is 3.04. The average Bonchev–Trinajstić information content (AvgIpc) is 2.67. The van der Waals surface area contributed by atoms with Gasteiger partial charge < -0.3 is 5.32 Å². The molecule has 1 fully saturated rings. The zero-order valence-corrected chi connectivity index (χ0v) is 17.9. The molecular weight excluding hydrogens is 417 g/mol. The Labute approximate surface area is 175 Å². The van der Waals surface area contributed by atoms with E-state index >= 15 is 0 Å². The monoisotopic (exact) mass is 439 g/mol. The van der Waals surface area contributed by atoms with Crippen molar-refractivity contribution in [2.75, 3.05) is 38.0 Å². The highest BCUT2D eigenvalue weighted by molar-refractivity contribution is 7.89. The Hall–Kier alpha value is -2.00. The molecule has 1 amide bonds. The van der Waals surface area contributed by atoms with E-state index in [1.54, 1.807) is 12.1 Å². The maximum atomic E-state index is 13.2. The Morgan fingerprint density at radius 2 is 1.76 bits per heavy atom. The fourth-order valence-electron chi connectivity index (χ4n) is 3.13. The lowest BCUT2D eigenvalue weighted by Crippen LogP contribution is -2.50. The van der Waals surface area contributed by atoms with Crippen molar-refractivity contribution in [1.82, 2.24) is 9.21 Å². The van der Waals surface area contributed by atoms with Crippen LogP contribution in [0.15, 0.2) is 41.3 Å². The topological polar surface area (TPSA) is 69.7 Å². The van der Waals surface area contributed by atoms with Crippen LogP contribution in [0.1, 0.15) is 11.1 Å². The number of nitrogens with zero attached hydrogens (tertiary/aromatic N) is 2. The Kier molecular flexibility index (Phi) is 6.58. The van der Waals surface area contributed by atoms with Crippen LogP contribution in [-0.2, 0) is 14.8 Å². The summed E-state index contributed by atoms with van der Waals surface area (Å²) >= 11 is 5.72. The standard InChI is InChI=1S/C20H23ClFN3O3S/c1-14-3-5-17(11-15(14)2)29(27,28)25-9-7-24(8-10-25)13-20(26)23-16-4-6-19(22)18(21)12-16/h3-6,11-12H,7-10,13H2,1-2H3,(H,23,26). The molecule has 0 unspecified atom stereocenters. The second-order valence-corrected chi connectivity index (χ2v) is 9.45. The molecule has 156 valence electrons. The average molecular weight is 440 g/mol. The summed E-state index contributed by atoms with van der Waals surface area (Å²) in [6.07, 6.45) is 0. The minimum Gasteiger partial charge on any atom is -0.325 e. The quantitative estimate of drug-likeness (QED) is 0.777. The largest absolute Gasteiger partial charge is 0.325 e. The van der Waals surface area contributed by atoms with E-state index in [4.69, 9.17) is 11.6 Å². The number of halogens is 2. The fraction of sp³-hybridized carbons (Fsp3) is 0.350. The van der Waals surface area contributed by atoms with Gasteiger partial charge in [0.15, 0.2) is 0 Å². The summed E-state index contributed by atoms with van der Waals surface area (Å²) in [5.74, 6) is -0.816. The van der Waals surface area contributed by atoms with Gasteiger partial charge in [0.1, 0.15) is 5.82 Å². The number of nitrogens with one attached hydrogen (secondary N) is 1. The van der Waals surface area contributed by atoms with E-state index in [2.05, 4.69) is 5.32 Å². The first-order valence-corrected chi connectivity index (χ1v) is 11.0. The lowest BCUT2D eigenvalue weighted by molar-refractivity contribution is -0.117. The van der Waals surface area contributed by atoms with Crippen molar-refractivity contribution in [1.29, 1.82) is 0 Å². The predicted molar refractivity (Wildman–Crippen MR) is 111 cm³/mol. The summed E-state index contributed by atoms with van der Waals surface area (Å²) in [5, 5.41) is 2.61. The van der Waals surface area contributed by atoms with Crippen molar-refractivity contribution in [3.63, 3.8) is 0 Å². The number of hydrogen-bond acceptors (Lipinski definition) is 4. The zero-order valence-electron chi connectivity index (χ0n) is 16.3. The molecule has 0 spiro atoms. The number of rotatable bonds is 5. The summed E-state index contributed by atoms with van der Waals surface area (Å²) in [4.78, 5) is 14.4.